The van der Waals surface area contributed by atoms with E-state index in [0.29, 0.717) is 41.7 Å². The van der Waals surface area contributed by atoms with Crippen molar-refractivity contribution in [1.82, 2.24) is 0 Å². The van der Waals surface area contributed by atoms with Crippen LogP contribution in [-0.2, 0) is 0 Å². The van der Waals surface area contributed by atoms with Crippen molar-refractivity contribution in [2.75, 3.05) is 13.2 Å². The van der Waals surface area contributed by atoms with Gasteiger partial charge in [0.05, 0.1) is 13.2 Å². The normalized spacial score (nSPS) is 10.8. The summed E-state index contributed by atoms with van der Waals surface area (Å²) in [6.45, 7) is 5.21. The average Bonchev–Trinajstić information content (AvgIpc) is 2.63. The molecular formula is C19H23N3O3. The van der Waals surface area contributed by atoms with Crippen LogP contribution in [0.15, 0.2) is 52.7 Å². The van der Waals surface area contributed by atoms with E-state index in [1.54, 1.807) is 18.2 Å². The second kappa shape index (κ2) is 9.42. The predicted octanol–water partition coefficient (Wildman–Crippen LogP) is 4.78. The Morgan fingerprint density at radius 3 is 2.16 bits per heavy atom. The highest BCUT2D eigenvalue weighted by atomic mass is 16.5. The predicted molar refractivity (Wildman–Crippen MR) is 97.1 cm³/mol. The molecule has 0 atom stereocenters. The first-order valence-electron chi connectivity index (χ1n) is 8.36. The van der Waals surface area contributed by atoms with Gasteiger partial charge in [-0.05, 0) is 43.2 Å². The van der Waals surface area contributed by atoms with Gasteiger partial charge in [-0.1, -0.05) is 26.0 Å². The van der Waals surface area contributed by atoms with Gasteiger partial charge >= 0.3 is 0 Å². The molecule has 6 nitrogen and oxygen atoms in total. The van der Waals surface area contributed by atoms with Crippen LogP contribution in [-0.4, -0.2) is 19.1 Å². The number of hydrogen-bond acceptors (Lipinski definition) is 5. The molecule has 0 aliphatic rings. The molecule has 0 aliphatic heterocycles. The van der Waals surface area contributed by atoms with Crippen LogP contribution < -0.4 is 15.2 Å². The Morgan fingerprint density at radius 1 is 0.920 bits per heavy atom. The monoisotopic (exact) mass is 341 g/mol. The molecule has 0 saturated heterocycles. The van der Waals surface area contributed by atoms with Gasteiger partial charge in [-0.25, -0.2) is 0 Å². The van der Waals surface area contributed by atoms with Crippen molar-refractivity contribution in [1.29, 1.82) is 0 Å². The van der Waals surface area contributed by atoms with Crippen LogP contribution in [0.5, 0.6) is 11.5 Å². The fraction of sp³-hybridized carbons (Fsp3) is 0.316. The van der Waals surface area contributed by atoms with Crippen LogP contribution in [0.3, 0.4) is 0 Å². The van der Waals surface area contributed by atoms with E-state index in [1.807, 2.05) is 38.1 Å². The maximum atomic E-state index is 11.4. The van der Waals surface area contributed by atoms with Gasteiger partial charge < -0.3 is 15.2 Å². The zero-order chi connectivity index (χ0) is 18.1. The van der Waals surface area contributed by atoms with Crippen molar-refractivity contribution in [2.45, 2.75) is 26.7 Å². The lowest BCUT2D eigenvalue weighted by atomic mass is 10.2. The van der Waals surface area contributed by atoms with E-state index in [0.717, 1.165) is 12.8 Å². The van der Waals surface area contributed by atoms with E-state index in [9.17, 15) is 4.79 Å². The summed E-state index contributed by atoms with van der Waals surface area (Å²) < 4.78 is 11.3. The van der Waals surface area contributed by atoms with Crippen molar-refractivity contribution in [3.8, 4) is 11.5 Å². The summed E-state index contributed by atoms with van der Waals surface area (Å²) in [4.78, 5) is 11.4. The van der Waals surface area contributed by atoms with E-state index in [4.69, 9.17) is 15.2 Å². The SMILES string of the molecule is CCCOc1ccccc1N=Nc1cc(C(N)=O)ccc1OCCC. The third-order valence-electron chi connectivity index (χ3n) is 3.30. The lowest BCUT2D eigenvalue weighted by molar-refractivity contribution is 0.100. The largest absolute Gasteiger partial charge is 0.491 e. The van der Waals surface area contributed by atoms with Crippen molar-refractivity contribution in [2.24, 2.45) is 16.0 Å². The second-order valence-corrected chi connectivity index (χ2v) is 5.41. The van der Waals surface area contributed by atoms with Gasteiger partial charge in [0, 0.05) is 5.56 Å². The minimum atomic E-state index is -0.523. The van der Waals surface area contributed by atoms with Gasteiger partial charge in [-0.2, -0.15) is 0 Å². The number of carbonyl (C=O) groups is 1. The highest BCUT2D eigenvalue weighted by Gasteiger charge is 2.09. The standard InChI is InChI=1S/C19H23N3O3/c1-3-11-24-17-8-6-5-7-15(17)21-22-16-13-14(19(20)23)9-10-18(16)25-12-4-2/h5-10,13H,3-4,11-12H2,1-2H3,(H2,20,23). The molecule has 0 bridgehead atoms. The number of nitrogens with zero attached hydrogens (tertiary/aromatic N) is 2. The number of rotatable bonds is 9. The Kier molecular flexibility index (Phi) is 6.95. The van der Waals surface area contributed by atoms with Crippen LogP contribution in [0.4, 0.5) is 11.4 Å². The third-order valence-corrected chi connectivity index (χ3v) is 3.30. The molecule has 6 heteroatoms. The molecule has 2 aromatic rings. The molecule has 25 heavy (non-hydrogen) atoms. The number of benzene rings is 2. The average molecular weight is 341 g/mol. The zero-order valence-electron chi connectivity index (χ0n) is 14.6. The number of hydrogen-bond donors (Lipinski definition) is 1. The summed E-state index contributed by atoms with van der Waals surface area (Å²) in [5.41, 5.74) is 6.77. The van der Waals surface area contributed by atoms with Crippen LogP contribution in [0, 0.1) is 0 Å². The summed E-state index contributed by atoms with van der Waals surface area (Å²) in [6.07, 6.45) is 1.77. The smallest absolute Gasteiger partial charge is 0.248 e. The van der Waals surface area contributed by atoms with Crippen molar-refractivity contribution in [3.05, 3.63) is 48.0 Å². The van der Waals surface area contributed by atoms with Crippen LogP contribution in [0.25, 0.3) is 0 Å². The Morgan fingerprint density at radius 2 is 1.52 bits per heavy atom. The Hall–Kier alpha value is -2.89. The number of para-hydroxylation sites is 1. The van der Waals surface area contributed by atoms with E-state index in [-0.39, 0.29) is 0 Å². The van der Waals surface area contributed by atoms with Gasteiger partial charge in [0.25, 0.3) is 0 Å². The molecule has 0 fully saturated rings. The van der Waals surface area contributed by atoms with E-state index >= 15 is 0 Å². The Bertz CT molecular complexity index is 744. The molecule has 0 heterocycles. The van der Waals surface area contributed by atoms with Crippen LogP contribution in [0.1, 0.15) is 37.0 Å². The molecule has 2 rings (SSSR count). The maximum Gasteiger partial charge on any atom is 0.248 e. The van der Waals surface area contributed by atoms with Gasteiger partial charge in [0.15, 0.2) is 0 Å². The molecule has 0 spiro atoms. The fourth-order valence-corrected chi connectivity index (χ4v) is 2.06. The number of carbonyl (C=O) groups excluding carboxylic acids is 1. The summed E-state index contributed by atoms with van der Waals surface area (Å²) in [6, 6.07) is 12.3. The summed E-state index contributed by atoms with van der Waals surface area (Å²) in [5.74, 6) is 0.697. The van der Waals surface area contributed by atoms with Gasteiger partial charge in [0.2, 0.25) is 5.91 Å². The first-order valence-corrected chi connectivity index (χ1v) is 8.36. The number of amides is 1. The van der Waals surface area contributed by atoms with Crippen molar-refractivity contribution < 1.29 is 14.3 Å². The molecule has 2 aromatic carbocycles. The Labute approximate surface area is 147 Å². The van der Waals surface area contributed by atoms with E-state index in [2.05, 4.69) is 10.2 Å². The summed E-state index contributed by atoms with van der Waals surface area (Å²) in [7, 11) is 0. The minimum Gasteiger partial charge on any atom is -0.491 e. The molecule has 132 valence electrons. The molecule has 0 radical (unpaired) electrons. The first-order chi connectivity index (χ1) is 12.2. The second-order valence-electron chi connectivity index (χ2n) is 5.41. The number of ether oxygens (including phenoxy) is 2. The lowest BCUT2D eigenvalue weighted by Gasteiger charge is -2.09. The van der Waals surface area contributed by atoms with Crippen molar-refractivity contribution >= 4 is 17.3 Å². The molecular weight excluding hydrogens is 318 g/mol. The Balaban J connectivity index is 2.32. The maximum absolute atomic E-state index is 11.4. The van der Waals surface area contributed by atoms with E-state index in [1.165, 1.54) is 0 Å². The minimum absolute atomic E-state index is 0.355. The van der Waals surface area contributed by atoms with Gasteiger partial charge in [0.1, 0.15) is 22.9 Å². The van der Waals surface area contributed by atoms with Crippen LogP contribution >= 0.6 is 0 Å². The van der Waals surface area contributed by atoms with Crippen LogP contribution in [0.2, 0.25) is 0 Å². The zero-order valence-corrected chi connectivity index (χ0v) is 14.6. The number of nitrogens with two attached hydrogens (primary N) is 1. The van der Waals surface area contributed by atoms with Gasteiger partial charge in [-0.3, -0.25) is 4.79 Å². The quantitative estimate of drug-likeness (QED) is 0.666. The van der Waals surface area contributed by atoms with Gasteiger partial charge in [-0.15, -0.1) is 10.2 Å². The third kappa shape index (κ3) is 5.31. The fourth-order valence-electron chi connectivity index (χ4n) is 2.06. The molecule has 0 aliphatic carbocycles. The number of primary amides is 1. The lowest BCUT2D eigenvalue weighted by Crippen LogP contribution is -2.10. The molecule has 1 amide bonds. The summed E-state index contributed by atoms with van der Waals surface area (Å²) >= 11 is 0. The first kappa shape index (κ1) is 18.4. The molecule has 0 aromatic heterocycles. The highest BCUT2D eigenvalue weighted by molar-refractivity contribution is 5.94. The molecule has 0 unspecified atom stereocenters. The summed E-state index contributed by atoms with van der Waals surface area (Å²) in [5, 5.41) is 8.52. The molecule has 2 N–H and O–H groups in total. The number of azo groups is 1. The van der Waals surface area contributed by atoms with Crippen molar-refractivity contribution in [3.63, 3.8) is 0 Å². The van der Waals surface area contributed by atoms with E-state index < -0.39 is 5.91 Å². The highest BCUT2D eigenvalue weighted by Crippen LogP contribution is 2.33. The molecule has 0 saturated carbocycles. The topological polar surface area (TPSA) is 86.3 Å².